The van der Waals surface area contributed by atoms with Crippen LogP contribution in [0.5, 0.6) is 0 Å². The lowest BCUT2D eigenvalue weighted by molar-refractivity contribution is -0.0119. The van der Waals surface area contributed by atoms with E-state index in [4.69, 9.17) is 0 Å². The summed E-state index contributed by atoms with van der Waals surface area (Å²) in [6.07, 6.45) is 6.31. The van der Waals surface area contributed by atoms with E-state index in [1.54, 1.807) is 0 Å². The predicted octanol–water partition coefficient (Wildman–Crippen LogP) is 2.75. The highest BCUT2D eigenvalue weighted by molar-refractivity contribution is 5.23. The Kier molecular flexibility index (Phi) is 4.79. The molecule has 0 aliphatic heterocycles. The zero-order chi connectivity index (χ0) is 15.7. The number of nitrogens with zero attached hydrogens (tertiary/aromatic N) is 2. The van der Waals surface area contributed by atoms with E-state index in [1.807, 2.05) is 11.7 Å². The van der Waals surface area contributed by atoms with Crippen LogP contribution in [0, 0.1) is 5.92 Å². The largest absolute Gasteiger partial charge is 0.389 e. The Labute approximate surface area is 128 Å². The molecule has 1 aromatic rings. The molecule has 4 nitrogen and oxygen atoms in total. The van der Waals surface area contributed by atoms with Crippen molar-refractivity contribution in [3.8, 4) is 0 Å². The molecule has 2 unspecified atom stereocenters. The minimum atomic E-state index is -0.526. The zero-order valence-corrected chi connectivity index (χ0v) is 14.2. The number of aliphatic hydroxyl groups is 1. The van der Waals surface area contributed by atoms with Gasteiger partial charge in [0.2, 0.25) is 0 Å². The summed E-state index contributed by atoms with van der Waals surface area (Å²) in [6.45, 7) is 10.3. The number of nitrogens with one attached hydrogen (secondary N) is 1. The van der Waals surface area contributed by atoms with Crippen LogP contribution >= 0.6 is 0 Å². The Morgan fingerprint density at radius 1 is 1.48 bits per heavy atom. The van der Waals surface area contributed by atoms with Crippen LogP contribution in [0.4, 0.5) is 0 Å². The van der Waals surface area contributed by atoms with E-state index in [9.17, 15) is 5.11 Å². The first-order valence-electron chi connectivity index (χ1n) is 8.16. The Morgan fingerprint density at radius 3 is 2.81 bits per heavy atom. The van der Waals surface area contributed by atoms with Crippen LogP contribution < -0.4 is 5.32 Å². The van der Waals surface area contributed by atoms with Crippen molar-refractivity contribution in [3.63, 3.8) is 0 Å². The van der Waals surface area contributed by atoms with Gasteiger partial charge in [-0.1, -0.05) is 40.5 Å². The second-order valence-electron chi connectivity index (χ2n) is 7.96. The van der Waals surface area contributed by atoms with E-state index in [-0.39, 0.29) is 5.41 Å². The summed E-state index contributed by atoms with van der Waals surface area (Å²) in [6, 6.07) is 0. The average Bonchev–Trinajstić information content (AvgIpc) is 2.69. The monoisotopic (exact) mass is 293 g/mol. The van der Waals surface area contributed by atoms with E-state index in [1.165, 1.54) is 12.0 Å². The van der Waals surface area contributed by atoms with Gasteiger partial charge in [0.05, 0.1) is 11.3 Å². The number of hydrogen-bond donors (Lipinski definition) is 2. The molecule has 1 aromatic heterocycles. The van der Waals surface area contributed by atoms with Crippen LogP contribution in [-0.4, -0.2) is 27.0 Å². The van der Waals surface area contributed by atoms with E-state index >= 15 is 0 Å². The molecule has 0 spiro atoms. The highest BCUT2D eigenvalue weighted by Gasteiger charge is 2.32. The molecule has 0 aromatic carbocycles. The molecule has 0 amide bonds. The first-order valence-corrected chi connectivity index (χ1v) is 8.16. The van der Waals surface area contributed by atoms with Gasteiger partial charge >= 0.3 is 0 Å². The van der Waals surface area contributed by atoms with Crippen molar-refractivity contribution in [2.75, 3.05) is 6.54 Å². The van der Waals surface area contributed by atoms with Crippen molar-refractivity contribution >= 4 is 0 Å². The normalized spacial score (nSPS) is 27.0. The van der Waals surface area contributed by atoms with Gasteiger partial charge in [0.1, 0.15) is 0 Å². The molecule has 120 valence electrons. The smallest absolute Gasteiger partial charge is 0.0774 e. The van der Waals surface area contributed by atoms with Gasteiger partial charge in [0.15, 0.2) is 0 Å². The third kappa shape index (κ3) is 4.30. The minimum absolute atomic E-state index is 0.0501. The maximum Gasteiger partial charge on any atom is 0.0774 e. The summed E-state index contributed by atoms with van der Waals surface area (Å²) in [5, 5.41) is 18.7. The quantitative estimate of drug-likeness (QED) is 0.897. The second-order valence-corrected chi connectivity index (χ2v) is 7.96. The molecule has 21 heavy (non-hydrogen) atoms. The Hall–Kier alpha value is -0.870. The van der Waals surface area contributed by atoms with E-state index in [2.05, 4.69) is 44.3 Å². The van der Waals surface area contributed by atoms with Gasteiger partial charge in [0, 0.05) is 37.3 Å². The standard InChI is InChI=1S/C17H31N3O/c1-13-7-6-8-17(21,9-13)12-18-10-14-11-20(5)19-15(14)16(2,3)4/h11,13,18,21H,6-10,12H2,1-5H3. The maximum absolute atomic E-state index is 10.7. The Morgan fingerprint density at radius 2 is 2.19 bits per heavy atom. The van der Waals surface area contributed by atoms with Crippen LogP contribution in [0.3, 0.4) is 0 Å². The summed E-state index contributed by atoms with van der Waals surface area (Å²) in [5.41, 5.74) is 1.90. The lowest BCUT2D eigenvalue weighted by Crippen LogP contribution is -2.43. The molecule has 2 N–H and O–H groups in total. The number of aromatic nitrogens is 2. The van der Waals surface area contributed by atoms with Crippen LogP contribution in [0.15, 0.2) is 6.20 Å². The first-order chi connectivity index (χ1) is 9.70. The summed E-state index contributed by atoms with van der Waals surface area (Å²) in [4.78, 5) is 0. The summed E-state index contributed by atoms with van der Waals surface area (Å²) < 4.78 is 1.88. The average molecular weight is 293 g/mol. The molecule has 1 fully saturated rings. The third-order valence-electron chi connectivity index (χ3n) is 4.45. The van der Waals surface area contributed by atoms with E-state index < -0.39 is 5.60 Å². The maximum atomic E-state index is 10.7. The second kappa shape index (κ2) is 6.09. The van der Waals surface area contributed by atoms with Crippen LogP contribution in [0.1, 0.15) is 64.6 Å². The van der Waals surface area contributed by atoms with Crippen molar-refractivity contribution in [2.24, 2.45) is 13.0 Å². The summed E-state index contributed by atoms with van der Waals surface area (Å²) >= 11 is 0. The molecular weight excluding hydrogens is 262 g/mol. The summed E-state index contributed by atoms with van der Waals surface area (Å²) in [7, 11) is 1.97. The Balaban J connectivity index is 1.95. The fourth-order valence-corrected chi connectivity index (χ4v) is 3.52. The van der Waals surface area contributed by atoms with Gasteiger partial charge in [-0.05, 0) is 18.8 Å². The van der Waals surface area contributed by atoms with Gasteiger partial charge in [-0.2, -0.15) is 5.10 Å². The molecule has 0 saturated heterocycles. The zero-order valence-electron chi connectivity index (χ0n) is 14.2. The van der Waals surface area contributed by atoms with Crippen LogP contribution in [0.25, 0.3) is 0 Å². The molecule has 2 atom stereocenters. The fraction of sp³-hybridized carbons (Fsp3) is 0.824. The molecular formula is C17H31N3O. The predicted molar refractivity (Wildman–Crippen MR) is 86.2 cm³/mol. The summed E-state index contributed by atoms with van der Waals surface area (Å²) in [5.74, 6) is 0.633. The molecule has 1 aliphatic rings. The minimum Gasteiger partial charge on any atom is -0.389 e. The molecule has 4 heteroatoms. The van der Waals surface area contributed by atoms with E-state index in [0.29, 0.717) is 12.5 Å². The van der Waals surface area contributed by atoms with Crippen molar-refractivity contribution in [2.45, 2.75) is 70.9 Å². The fourth-order valence-electron chi connectivity index (χ4n) is 3.52. The first kappa shape index (κ1) is 16.5. The Bertz CT molecular complexity index is 475. The highest BCUT2D eigenvalue weighted by atomic mass is 16.3. The number of hydrogen-bond acceptors (Lipinski definition) is 3. The van der Waals surface area contributed by atoms with Crippen molar-refractivity contribution in [1.82, 2.24) is 15.1 Å². The lowest BCUT2D eigenvalue weighted by atomic mass is 9.79. The van der Waals surface area contributed by atoms with Gasteiger partial charge in [-0.15, -0.1) is 0 Å². The van der Waals surface area contributed by atoms with E-state index in [0.717, 1.165) is 31.5 Å². The third-order valence-corrected chi connectivity index (χ3v) is 4.45. The van der Waals surface area contributed by atoms with Crippen LogP contribution in [0.2, 0.25) is 0 Å². The van der Waals surface area contributed by atoms with Gasteiger partial charge in [0.25, 0.3) is 0 Å². The van der Waals surface area contributed by atoms with Gasteiger partial charge in [-0.25, -0.2) is 0 Å². The van der Waals surface area contributed by atoms with Crippen molar-refractivity contribution in [3.05, 3.63) is 17.5 Å². The molecule has 2 rings (SSSR count). The molecule has 0 bridgehead atoms. The molecule has 1 aliphatic carbocycles. The highest BCUT2D eigenvalue weighted by Crippen LogP contribution is 2.31. The molecule has 1 saturated carbocycles. The number of aryl methyl sites for hydroxylation is 1. The van der Waals surface area contributed by atoms with Gasteiger partial charge in [-0.3, -0.25) is 4.68 Å². The van der Waals surface area contributed by atoms with Crippen molar-refractivity contribution in [1.29, 1.82) is 0 Å². The molecule has 0 radical (unpaired) electrons. The SMILES string of the molecule is CC1CCCC(O)(CNCc2cn(C)nc2C(C)(C)C)C1. The lowest BCUT2D eigenvalue weighted by Gasteiger charge is -2.35. The van der Waals surface area contributed by atoms with Crippen LogP contribution in [-0.2, 0) is 19.0 Å². The molecule has 1 heterocycles. The van der Waals surface area contributed by atoms with Crippen molar-refractivity contribution < 1.29 is 5.11 Å². The topological polar surface area (TPSA) is 50.1 Å². The number of rotatable bonds is 4. The van der Waals surface area contributed by atoms with Gasteiger partial charge < -0.3 is 10.4 Å².